The van der Waals surface area contributed by atoms with Crippen molar-refractivity contribution in [1.82, 2.24) is 4.90 Å². The summed E-state index contributed by atoms with van der Waals surface area (Å²) in [6, 6.07) is -0.00509. The van der Waals surface area contributed by atoms with Gasteiger partial charge in [0, 0.05) is 19.7 Å². The fraction of sp³-hybridized carbons (Fsp3) is 0.833. The number of carbonyl (C=O) groups is 2. The zero-order chi connectivity index (χ0) is 13.6. The third-order valence-corrected chi connectivity index (χ3v) is 2.64. The van der Waals surface area contributed by atoms with Gasteiger partial charge in [0.2, 0.25) is 5.91 Å². The van der Waals surface area contributed by atoms with E-state index in [9.17, 15) is 9.59 Å². The Morgan fingerprint density at radius 3 is 2.24 bits per heavy atom. The number of carboxylic acid groups (broad SMARTS) is 1. The number of nitrogens with zero attached hydrogens (tertiary/aromatic N) is 1. The highest BCUT2D eigenvalue weighted by Crippen LogP contribution is 2.16. The van der Waals surface area contributed by atoms with E-state index < -0.39 is 11.6 Å². The molecule has 0 radical (unpaired) electrons. The highest BCUT2D eigenvalue weighted by atomic mass is 16.5. The van der Waals surface area contributed by atoms with Crippen molar-refractivity contribution in [3.8, 4) is 0 Å². The molecule has 0 spiro atoms. The van der Waals surface area contributed by atoms with Gasteiger partial charge in [0.25, 0.3) is 0 Å². The number of amides is 1. The fourth-order valence-electron chi connectivity index (χ4n) is 1.42. The molecule has 5 heteroatoms. The van der Waals surface area contributed by atoms with Crippen LogP contribution in [0.4, 0.5) is 0 Å². The summed E-state index contributed by atoms with van der Waals surface area (Å²) in [5.74, 6) is -0.970. The Labute approximate surface area is 103 Å². The van der Waals surface area contributed by atoms with Crippen LogP contribution in [0.25, 0.3) is 0 Å². The molecule has 0 rings (SSSR count). The van der Waals surface area contributed by atoms with Gasteiger partial charge in [-0.05, 0) is 27.7 Å². The molecule has 5 nitrogen and oxygen atoms in total. The van der Waals surface area contributed by atoms with Crippen LogP contribution in [-0.2, 0) is 14.3 Å². The van der Waals surface area contributed by atoms with E-state index in [1.807, 2.05) is 27.7 Å². The Hall–Kier alpha value is -1.10. The second kappa shape index (κ2) is 6.59. The largest absolute Gasteiger partial charge is 0.481 e. The van der Waals surface area contributed by atoms with Gasteiger partial charge in [0.05, 0.1) is 18.4 Å². The molecule has 0 aliphatic carbocycles. The normalized spacial score (nSPS) is 11.6. The molecule has 0 saturated heterocycles. The van der Waals surface area contributed by atoms with Crippen molar-refractivity contribution >= 4 is 11.9 Å². The van der Waals surface area contributed by atoms with Crippen LogP contribution < -0.4 is 0 Å². The van der Waals surface area contributed by atoms with E-state index in [0.717, 1.165) is 0 Å². The van der Waals surface area contributed by atoms with Crippen LogP contribution in [0.5, 0.6) is 0 Å². The minimum Gasteiger partial charge on any atom is -0.481 e. The Morgan fingerprint density at radius 1 is 1.35 bits per heavy atom. The van der Waals surface area contributed by atoms with Crippen LogP contribution in [-0.4, -0.2) is 47.2 Å². The second-order valence-electron chi connectivity index (χ2n) is 4.97. The van der Waals surface area contributed by atoms with E-state index in [0.29, 0.717) is 0 Å². The lowest BCUT2D eigenvalue weighted by Gasteiger charge is -2.30. The van der Waals surface area contributed by atoms with Crippen molar-refractivity contribution < 1.29 is 19.4 Å². The molecule has 0 atom stereocenters. The van der Waals surface area contributed by atoms with Crippen molar-refractivity contribution in [3.05, 3.63) is 0 Å². The highest BCUT2D eigenvalue weighted by Gasteiger charge is 2.26. The molecule has 100 valence electrons. The summed E-state index contributed by atoms with van der Waals surface area (Å²) < 4.78 is 5.20. The van der Waals surface area contributed by atoms with E-state index in [1.165, 1.54) is 0 Å². The van der Waals surface area contributed by atoms with Crippen molar-refractivity contribution in [2.24, 2.45) is 0 Å². The zero-order valence-electron chi connectivity index (χ0n) is 11.3. The zero-order valence-corrected chi connectivity index (χ0v) is 11.3. The maximum absolute atomic E-state index is 12.0. The van der Waals surface area contributed by atoms with Crippen molar-refractivity contribution in [1.29, 1.82) is 0 Å². The van der Waals surface area contributed by atoms with E-state index in [1.54, 1.807) is 12.0 Å². The summed E-state index contributed by atoms with van der Waals surface area (Å²) in [7, 11) is 1.56. The van der Waals surface area contributed by atoms with Gasteiger partial charge in [-0.25, -0.2) is 0 Å². The molecule has 0 heterocycles. The van der Waals surface area contributed by atoms with Crippen LogP contribution in [0.3, 0.4) is 0 Å². The lowest BCUT2D eigenvalue weighted by Crippen LogP contribution is -2.42. The van der Waals surface area contributed by atoms with Gasteiger partial charge in [-0.15, -0.1) is 0 Å². The third kappa shape index (κ3) is 6.26. The smallest absolute Gasteiger partial charge is 0.305 e. The Bertz CT molecular complexity index is 274. The standard InChI is InChI=1S/C12H23NO4/c1-9(2)13(7-6-11(15)16)10(14)8-12(3,4)17-5/h9H,6-8H2,1-5H3,(H,15,16). The quantitative estimate of drug-likeness (QED) is 0.738. The number of ether oxygens (including phenoxy) is 1. The molecular formula is C12H23NO4. The Balaban J connectivity index is 4.50. The second-order valence-corrected chi connectivity index (χ2v) is 4.97. The molecule has 1 amide bonds. The van der Waals surface area contributed by atoms with Gasteiger partial charge in [0.15, 0.2) is 0 Å². The average Bonchev–Trinajstić information content (AvgIpc) is 2.16. The first-order chi connectivity index (χ1) is 7.69. The summed E-state index contributed by atoms with van der Waals surface area (Å²) in [6.45, 7) is 7.66. The molecule has 0 saturated carbocycles. The first kappa shape index (κ1) is 15.9. The van der Waals surface area contributed by atoms with Crippen LogP contribution >= 0.6 is 0 Å². The van der Waals surface area contributed by atoms with Crippen molar-refractivity contribution in [3.63, 3.8) is 0 Å². The maximum atomic E-state index is 12.0. The number of hydrogen-bond donors (Lipinski definition) is 1. The number of rotatable bonds is 7. The maximum Gasteiger partial charge on any atom is 0.305 e. The van der Waals surface area contributed by atoms with Gasteiger partial charge in [-0.2, -0.15) is 0 Å². The van der Waals surface area contributed by atoms with Gasteiger partial charge in [-0.3, -0.25) is 9.59 Å². The van der Waals surface area contributed by atoms with Gasteiger partial charge >= 0.3 is 5.97 Å². The van der Waals surface area contributed by atoms with E-state index >= 15 is 0 Å². The topological polar surface area (TPSA) is 66.8 Å². The molecule has 1 N–H and O–H groups in total. The van der Waals surface area contributed by atoms with Crippen molar-refractivity contribution in [2.45, 2.75) is 52.2 Å². The molecular weight excluding hydrogens is 222 g/mol. The molecule has 0 aromatic rings. The van der Waals surface area contributed by atoms with Crippen LogP contribution in [0.1, 0.15) is 40.5 Å². The van der Waals surface area contributed by atoms with E-state index in [-0.39, 0.29) is 31.3 Å². The molecule has 0 aliphatic heterocycles. The van der Waals surface area contributed by atoms with Gasteiger partial charge < -0.3 is 14.7 Å². The fourth-order valence-corrected chi connectivity index (χ4v) is 1.42. The van der Waals surface area contributed by atoms with Crippen LogP contribution in [0, 0.1) is 0 Å². The van der Waals surface area contributed by atoms with Crippen LogP contribution in [0.15, 0.2) is 0 Å². The molecule has 0 fully saturated rings. The number of methoxy groups -OCH3 is 1. The lowest BCUT2D eigenvalue weighted by atomic mass is 10.0. The minimum atomic E-state index is -0.894. The predicted octanol–water partition coefficient (Wildman–Crippen LogP) is 1.51. The summed E-state index contributed by atoms with van der Waals surface area (Å²) in [5, 5.41) is 8.64. The van der Waals surface area contributed by atoms with Gasteiger partial charge in [0.1, 0.15) is 0 Å². The molecule has 0 bridgehead atoms. The Morgan fingerprint density at radius 2 is 1.88 bits per heavy atom. The molecule has 0 aliphatic rings. The number of hydrogen-bond acceptors (Lipinski definition) is 3. The summed E-state index contributed by atoms with van der Waals surface area (Å²) in [4.78, 5) is 24.1. The molecule has 0 aromatic heterocycles. The summed E-state index contributed by atoms with van der Waals surface area (Å²) in [5.41, 5.74) is -0.520. The Kier molecular flexibility index (Phi) is 6.16. The monoisotopic (exact) mass is 245 g/mol. The first-order valence-corrected chi connectivity index (χ1v) is 5.76. The lowest BCUT2D eigenvalue weighted by molar-refractivity contribution is -0.141. The average molecular weight is 245 g/mol. The SMILES string of the molecule is COC(C)(C)CC(=O)N(CCC(=O)O)C(C)C. The molecule has 17 heavy (non-hydrogen) atoms. The van der Waals surface area contributed by atoms with Crippen molar-refractivity contribution in [2.75, 3.05) is 13.7 Å². The molecule has 0 aromatic carbocycles. The predicted molar refractivity (Wildman–Crippen MR) is 64.8 cm³/mol. The third-order valence-electron chi connectivity index (χ3n) is 2.64. The number of carbonyl (C=O) groups excluding carboxylic acids is 1. The van der Waals surface area contributed by atoms with Crippen LogP contribution in [0.2, 0.25) is 0 Å². The first-order valence-electron chi connectivity index (χ1n) is 5.76. The summed E-state index contributed by atoms with van der Waals surface area (Å²) >= 11 is 0. The van der Waals surface area contributed by atoms with E-state index in [4.69, 9.17) is 9.84 Å². The number of carboxylic acids is 1. The van der Waals surface area contributed by atoms with Gasteiger partial charge in [-0.1, -0.05) is 0 Å². The molecule has 0 unspecified atom stereocenters. The summed E-state index contributed by atoms with van der Waals surface area (Å²) in [6.07, 6.45) is 0.221. The highest BCUT2D eigenvalue weighted by molar-refractivity contribution is 5.78. The minimum absolute atomic E-state index is 0.00509. The number of aliphatic carboxylic acids is 1. The van der Waals surface area contributed by atoms with E-state index in [2.05, 4.69) is 0 Å².